The average molecular weight is 188 g/mol. The first-order valence-corrected chi connectivity index (χ1v) is 4.08. The van der Waals surface area contributed by atoms with E-state index in [2.05, 4.69) is 16.5 Å². The van der Waals surface area contributed by atoms with Gasteiger partial charge < -0.3 is 10.3 Å². The average Bonchev–Trinajstić information content (AvgIpc) is 2.15. The molecule has 1 aromatic rings. The first kappa shape index (κ1) is 9.39. The van der Waals surface area contributed by atoms with Crippen LogP contribution in [0.25, 0.3) is 0 Å². The zero-order valence-electron chi connectivity index (χ0n) is 7.16. The normalized spacial score (nSPS) is 16.8. The predicted molar refractivity (Wildman–Crippen MR) is 51.5 cm³/mol. The molecule has 0 unspecified atom stereocenters. The van der Waals surface area contributed by atoms with Gasteiger partial charge in [0.2, 0.25) is 5.95 Å². The van der Waals surface area contributed by atoms with E-state index < -0.39 is 0 Å². The lowest BCUT2D eigenvalue weighted by Crippen LogP contribution is -2.19. The molecule has 68 valence electrons. The number of rotatable bonds is 1. The molecule has 3 nitrogen and oxygen atoms in total. The Labute approximate surface area is 78.4 Å². The van der Waals surface area contributed by atoms with Gasteiger partial charge in [-0.25, -0.2) is 4.98 Å². The predicted octanol–water partition coefficient (Wildman–Crippen LogP) is 1.92. The maximum absolute atomic E-state index is 5.70. The van der Waals surface area contributed by atoms with Crippen LogP contribution in [0.2, 0.25) is 0 Å². The number of imidazole rings is 1. The van der Waals surface area contributed by atoms with Gasteiger partial charge in [0.05, 0.1) is 6.20 Å². The van der Waals surface area contributed by atoms with E-state index in [1.54, 1.807) is 0 Å². The summed E-state index contributed by atoms with van der Waals surface area (Å²) in [6, 6.07) is 0.637. The van der Waals surface area contributed by atoms with E-state index in [-0.39, 0.29) is 12.4 Å². The molecule has 1 fully saturated rings. The van der Waals surface area contributed by atoms with Crippen LogP contribution in [-0.4, -0.2) is 9.55 Å². The van der Waals surface area contributed by atoms with Gasteiger partial charge in [-0.15, -0.1) is 12.4 Å². The zero-order chi connectivity index (χ0) is 7.84. The maximum Gasteiger partial charge on any atom is 0.200 e. The molecule has 4 heteroatoms. The summed E-state index contributed by atoms with van der Waals surface area (Å²) < 4.78 is 2.14. The fraction of sp³-hybridized carbons (Fsp3) is 0.625. The number of hydrogen-bond donors (Lipinski definition) is 1. The van der Waals surface area contributed by atoms with E-state index in [1.165, 1.54) is 25.0 Å². The molecular formula is C8H14ClN3. The summed E-state index contributed by atoms with van der Waals surface area (Å²) in [6.07, 6.45) is 5.71. The lowest BCUT2D eigenvalue weighted by Gasteiger charge is -2.28. The smallest absolute Gasteiger partial charge is 0.200 e. The van der Waals surface area contributed by atoms with Crippen molar-refractivity contribution in [3.05, 3.63) is 11.9 Å². The number of nitrogens with zero attached hydrogens (tertiary/aromatic N) is 2. The van der Waals surface area contributed by atoms with E-state index >= 15 is 0 Å². The second-order valence-electron chi connectivity index (χ2n) is 3.21. The molecule has 2 N–H and O–H groups in total. The van der Waals surface area contributed by atoms with Gasteiger partial charge in [0.1, 0.15) is 0 Å². The fourth-order valence-corrected chi connectivity index (χ4v) is 1.58. The SMILES string of the molecule is Cc1cnc(N)n1C1CCC1.Cl. The molecule has 0 saturated heterocycles. The lowest BCUT2D eigenvalue weighted by atomic mass is 9.93. The third-order valence-corrected chi connectivity index (χ3v) is 2.45. The topological polar surface area (TPSA) is 43.8 Å². The summed E-state index contributed by atoms with van der Waals surface area (Å²) in [7, 11) is 0. The second kappa shape index (κ2) is 3.35. The molecule has 1 heterocycles. The minimum absolute atomic E-state index is 0. The molecule has 0 amide bonds. The van der Waals surface area contributed by atoms with Crippen LogP contribution in [0, 0.1) is 6.92 Å². The number of anilines is 1. The summed E-state index contributed by atoms with van der Waals surface area (Å²) in [5, 5.41) is 0. The van der Waals surface area contributed by atoms with E-state index in [1.807, 2.05) is 6.20 Å². The quantitative estimate of drug-likeness (QED) is 0.730. The van der Waals surface area contributed by atoms with Crippen LogP contribution < -0.4 is 5.73 Å². The minimum Gasteiger partial charge on any atom is -0.369 e. The third kappa shape index (κ3) is 1.29. The number of nitrogens with two attached hydrogens (primary N) is 1. The molecule has 1 saturated carbocycles. The summed E-state index contributed by atoms with van der Waals surface area (Å²) in [6.45, 7) is 2.06. The van der Waals surface area contributed by atoms with Crippen LogP contribution in [0.5, 0.6) is 0 Å². The summed E-state index contributed by atoms with van der Waals surface area (Å²) in [5.74, 6) is 0.673. The van der Waals surface area contributed by atoms with Gasteiger partial charge in [0.25, 0.3) is 0 Å². The Kier molecular flexibility index (Phi) is 2.62. The maximum atomic E-state index is 5.70. The summed E-state index contributed by atoms with van der Waals surface area (Å²) >= 11 is 0. The Morgan fingerprint density at radius 1 is 1.58 bits per heavy atom. The molecule has 0 radical (unpaired) electrons. The standard InChI is InChI=1S/C8H13N3.ClH/c1-6-5-10-8(9)11(6)7-3-2-4-7;/h5,7H,2-4H2,1H3,(H2,9,10);1H. The van der Waals surface area contributed by atoms with E-state index in [0.29, 0.717) is 12.0 Å². The van der Waals surface area contributed by atoms with Gasteiger partial charge in [-0.1, -0.05) is 0 Å². The molecule has 2 rings (SSSR count). The number of nitrogen functional groups attached to an aromatic ring is 1. The Morgan fingerprint density at radius 2 is 2.25 bits per heavy atom. The van der Waals surface area contributed by atoms with E-state index in [0.717, 1.165) is 0 Å². The lowest BCUT2D eigenvalue weighted by molar-refractivity contribution is 0.313. The molecule has 0 aromatic carbocycles. The zero-order valence-corrected chi connectivity index (χ0v) is 7.97. The largest absolute Gasteiger partial charge is 0.369 e. The first-order chi connectivity index (χ1) is 5.29. The van der Waals surface area contributed by atoms with Gasteiger partial charge in [0, 0.05) is 11.7 Å². The van der Waals surface area contributed by atoms with Crippen molar-refractivity contribution < 1.29 is 0 Å². The molecule has 1 aliphatic carbocycles. The Hall–Kier alpha value is -0.700. The molecule has 0 spiro atoms. The third-order valence-electron chi connectivity index (χ3n) is 2.45. The van der Waals surface area contributed by atoms with Crippen LogP contribution in [-0.2, 0) is 0 Å². The number of halogens is 1. The van der Waals surface area contributed by atoms with Crippen molar-refractivity contribution in [3.8, 4) is 0 Å². The first-order valence-electron chi connectivity index (χ1n) is 4.08. The minimum atomic E-state index is 0. The van der Waals surface area contributed by atoms with Gasteiger partial charge in [-0.2, -0.15) is 0 Å². The summed E-state index contributed by atoms with van der Waals surface area (Å²) in [5.41, 5.74) is 6.89. The summed E-state index contributed by atoms with van der Waals surface area (Å²) in [4.78, 5) is 4.06. The Balaban J connectivity index is 0.000000720. The Bertz CT molecular complexity index is 246. The molecule has 0 atom stereocenters. The van der Waals surface area contributed by atoms with Crippen LogP contribution in [0.4, 0.5) is 5.95 Å². The molecule has 0 bridgehead atoms. The van der Waals surface area contributed by atoms with Gasteiger partial charge in [-0.05, 0) is 26.2 Å². The van der Waals surface area contributed by atoms with Gasteiger partial charge >= 0.3 is 0 Å². The van der Waals surface area contributed by atoms with Gasteiger partial charge in [0.15, 0.2) is 0 Å². The highest BCUT2D eigenvalue weighted by atomic mass is 35.5. The highest BCUT2D eigenvalue weighted by Crippen LogP contribution is 2.33. The van der Waals surface area contributed by atoms with Crippen molar-refractivity contribution in [2.24, 2.45) is 0 Å². The molecule has 1 aromatic heterocycles. The van der Waals surface area contributed by atoms with Crippen LogP contribution >= 0.6 is 12.4 Å². The van der Waals surface area contributed by atoms with Crippen LogP contribution in [0.3, 0.4) is 0 Å². The molecular weight excluding hydrogens is 174 g/mol. The highest BCUT2D eigenvalue weighted by molar-refractivity contribution is 5.85. The van der Waals surface area contributed by atoms with Gasteiger partial charge in [-0.3, -0.25) is 0 Å². The number of aryl methyl sites for hydroxylation is 1. The van der Waals surface area contributed by atoms with Crippen molar-refractivity contribution in [3.63, 3.8) is 0 Å². The van der Waals surface area contributed by atoms with Crippen LogP contribution in [0.1, 0.15) is 31.0 Å². The van der Waals surface area contributed by atoms with Crippen molar-refractivity contribution in [1.29, 1.82) is 0 Å². The van der Waals surface area contributed by atoms with E-state index in [9.17, 15) is 0 Å². The van der Waals surface area contributed by atoms with Crippen molar-refractivity contribution in [1.82, 2.24) is 9.55 Å². The highest BCUT2D eigenvalue weighted by Gasteiger charge is 2.22. The number of hydrogen-bond acceptors (Lipinski definition) is 2. The molecule has 12 heavy (non-hydrogen) atoms. The monoisotopic (exact) mass is 187 g/mol. The molecule has 0 aliphatic heterocycles. The van der Waals surface area contributed by atoms with Crippen LogP contribution in [0.15, 0.2) is 6.20 Å². The second-order valence-corrected chi connectivity index (χ2v) is 3.21. The van der Waals surface area contributed by atoms with Crippen molar-refractivity contribution in [2.45, 2.75) is 32.2 Å². The molecule has 1 aliphatic rings. The van der Waals surface area contributed by atoms with Crippen molar-refractivity contribution in [2.75, 3.05) is 5.73 Å². The van der Waals surface area contributed by atoms with E-state index in [4.69, 9.17) is 5.73 Å². The number of aromatic nitrogens is 2. The van der Waals surface area contributed by atoms with Crippen molar-refractivity contribution >= 4 is 18.4 Å². The Morgan fingerprint density at radius 3 is 2.58 bits per heavy atom. The fourth-order valence-electron chi connectivity index (χ4n) is 1.58.